The molecule has 0 aromatic heterocycles. The number of aryl methyl sites for hydroxylation is 1. The molecule has 0 amide bonds. The third kappa shape index (κ3) is 2.26. The lowest BCUT2D eigenvalue weighted by Gasteiger charge is -2.14. The van der Waals surface area contributed by atoms with E-state index < -0.39 is 9.84 Å². The summed E-state index contributed by atoms with van der Waals surface area (Å²) in [5.41, 5.74) is 1.69. The van der Waals surface area contributed by atoms with E-state index in [9.17, 15) is 8.42 Å². The average molecular weight is 213 g/mol. The molecular formula is C10H15NO2S. The van der Waals surface area contributed by atoms with Gasteiger partial charge >= 0.3 is 0 Å². The van der Waals surface area contributed by atoms with Crippen LogP contribution in [0.4, 0.5) is 5.69 Å². The fourth-order valence-electron chi connectivity index (χ4n) is 1.27. The highest BCUT2D eigenvalue weighted by atomic mass is 32.2. The SMILES string of the molecule is Cc1ccc(N(C)C)cc1S(C)(=O)=O. The molecular weight excluding hydrogens is 198 g/mol. The number of rotatable bonds is 2. The van der Waals surface area contributed by atoms with Gasteiger partial charge in [-0.2, -0.15) is 0 Å². The van der Waals surface area contributed by atoms with Gasteiger partial charge in [-0.25, -0.2) is 8.42 Å². The fourth-order valence-corrected chi connectivity index (χ4v) is 2.25. The van der Waals surface area contributed by atoms with E-state index in [1.807, 2.05) is 31.1 Å². The van der Waals surface area contributed by atoms with Gasteiger partial charge in [0.25, 0.3) is 0 Å². The maximum Gasteiger partial charge on any atom is 0.175 e. The Morgan fingerprint density at radius 1 is 1.21 bits per heavy atom. The van der Waals surface area contributed by atoms with Crippen LogP contribution in [-0.2, 0) is 9.84 Å². The van der Waals surface area contributed by atoms with Crippen molar-refractivity contribution in [3.8, 4) is 0 Å². The zero-order chi connectivity index (χ0) is 10.9. The van der Waals surface area contributed by atoms with Crippen molar-refractivity contribution >= 4 is 15.5 Å². The van der Waals surface area contributed by atoms with Gasteiger partial charge in [0.1, 0.15) is 0 Å². The average Bonchev–Trinajstić information content (AvgIpc) is 2.02. The predicted octanol–water partition coefficient (Wildman–Crippen LogP) is 1.46. The standard InChI is InChI=1S/C10H15NO2S/c1-8-5-6-9(11(2)3)7-10(8)14(4,12)13/h5-7H,1-4H3. The highest BCUT2D eigenvalue weighted by molar-refractivity contribution is 7.90. The van der Waals surface area contributed by atoms with E-state index in [4.69, 9.17) is 0 Å². The Hall–Kier alpha value is -1.03. The van der Waals surface area contributed by atoms with Crippen LogP contribution in [-0.4, -0.2) is 28.8 Å². The lowest BCUT2D eigenvalue weighted by molar-refractivity contribution is 0.601. The van der Waals surface area contributed by atoms with Gasteiger partial charge in [-0.1, -0.05) is 6.07 Å². The van der Waals surface area contributed by atoms with E-state index in [0.29, 0.717) is 4.90 Å². The zero-order valence-corrected chi connectivity index (χ0v) is 9.72. The molecule has 0 saturated carbocycles. The first-order chi connectivity index (χ1) is 6.32. The largest absolute Gasteiger partial charge is 0.378 e. The van der Waals surface area contributed by atoms with Crippen LogP contribution in [0.15, 0.2) is 23.1 Å². The van der Waals surface area contributed by atoms with Gasteiger partial charge < -0.3 is 4.90 Å². The van der Waals surface area contributed by atoms with E-state index in [1.54, 1.807) is 13.0 Å². The molecule has 0 spiro atoms. The van der Waals surface area contributed by atoms with Crippen molar-refractivity contribution < 1.29 is 8.42 Å². The summed E-state index contributed by atoms with van der Waals surface area (Å²) in [4.78, 5) is 2.29. The molecule has 4 heteroatoms. The van der Waals surface area contributed by atoms with E-state index in [0.717, 1.165) is 11.3 Å². The van der Waals surface area contributed by atoms with Crippen LogP contribution < -0.4 is 4.90 Å². The molecule has 78 valence electrons. The van der Waals surface area contributed by atoms with Crippen LogP contribution >= 0.6 is 0 Å². The molecule has 0 radical (unpaired) electrons. The second kappa shape index (κ2) is 3.61. The normalized spacial score (nSPS) is 11.4. The molecule has 0 saturated heterocycles. The Morgan fingerprint density at radius 2 is 1.79 bits per heavy atom. The van der Waals surface area contributed by atoms with Crippen LogP contribution in [0.3, 0.4) is 0 Å². The summed E-state index contributed by atoms with van der Waals surface area (Å²) < 4.78 is 22.8. The van der Waals surface area contributed by atoms with Gasteiger partial charge in [0.2, 0.25) is 0 Å². The number of hydrogen-bond acceptors (Lipinski definition) is 3. The third-order valence-electron chi connectivity index (χ3n) is 2.09. The molecule has 0 aliphatic heterocycles. The van der Waals surface area contributed by atoms with Gasteiger partial charge in [0.05, 0.1) is 4.90 Å². The van der Waals surface area contributed by atoms with E-state index in [1.165, 1.54) is 6.26 Å². The summed E-state index contributed by atoms with van der Waals surface area (Å²) in [6.07, 6.45) is 1.23. The monoisotopic (exact) mass is 213 g/mol. The molecule has 0 atom stereocenters. The van der Waals surface area contributed by atoms with Crippen LogP contribution in [0.1, 0.15) is 5.56 Å². The minimum absolute atomic E-state index is 0.406. The van der Waals surface area contributed by atoms with Crippen molar-refractivity contribution in [1.82, 2.24) is 0 Å². The number of anilines is 1. The first-order valence-electron chi connectivity index (χ1n) is 4.30. The summed E-state index contributed by atoms with van der Waals surface area (Å²) in [5.74, 6) is 0. The van der Waals surface area contributed by atoms with Crippen LogP contribution in [0.25, 0.3) is 0 Å². The molecule has 1 aromatic rings. The molecule has 3 nitrogen and oxygen atoms in total. The molecule has 0 bridgehead atoms. The Balaban J connectivity index is 3.37. The molecule has 0 unspecified atom stereocenters. The number of hydrogen-bond donors (Lipinski definition) is 0. The van der Waals surface area contributed by atoms with Crippen molar-refractivity contribution in [3.63, 3.8) is 0 Å². The van der Waals surface area contributed by atoms with E-state index >= 15 is 0 Å². The molecule has 0 heterocycles. The summed E-state index contributed by atoms with van der Waals surface area (Å²) in [5, 5.41) is 0. The summed E-state index contributed by atoms with van der Waals surface area (Å²) in [6.45, 7) is 1.80. The van der Waals surface area contributed by atoms with Crippen molar-refractivity contribution in [1.29, 1.82) is 0 Å². The lowest BCUT2D eigenvalue weighted by atomic mass is 10.2. The molecule has 0 N–H and O–H groups in total. The summed E-state index contributed by atoms with van der Waals surface area (Å²) in [6, 6.07) is 5.43. The zero-order valence-electron chi connectivity index (χ0n) is 8.90. The summed E-state index contributed by atoms with van der Waals surface area (Å²) in [7, 11) is 0.655. The highest BCUT2D eigenvalue weighted by Crippen LogP contribution is 2.21. The lowest BCUT2D eigenvalue weighted by Crippen LogP contribution is -2.10. The van der Waals surface area contributed by atoms with Gasteiger partial charge in [-0.15, -0.1) is 0 Å². The highest BCUT2D eigenvalue weighted by Gasteiger charge is 2.11. The molecule has 0 aliphatic carbocycles. The van der Waals surface area contributed by atoms with Gasteiger partial charge in [0, 0.05) is 26.0 Å². The Kier molecular flexibility index (Phi) is 2.85. The smallest absolute Gasteiger partial charge is 0.175 e. The van der Waals surface area contributed by atoms with Crippen molar-refractivity contribution in [2.75, 3.05) is 25.3 Å². The quantitative estimate of drug-likeness (QED) is 0.746. The molecule has 0 fully saturated rings. The van der Waals surface area contributed by atoms with Crippen molar-refractivity contribution in [3.05, 3.63) is 23.8 Å². The maximum atomic E-state index is 11.4. The molecule has 0 aliphatic rings. The first-order valence-corrected chi connectivity index (χ1v) is 6.19. The van der Waals surface area contributed by atoms with E-state index in [2.05, 4.69) is 0 Å². The second-order valence-corrected chi connectivity index (χ2v) is 5.60. The molecule has 1 rings (SSSR count). The third-order valence-corrected chi connectivity index (χ3v) is 3.33. The maximum absolute atomic E-state index is 11.4. The molecule has 1 aromatic carbocycles. The van der Waals surface area contributed by atoms with Crippen molar-refractivity contribution in [2.24, 2.45) is 0 Å². The van der Waals surface area contributed by atoms with Crippen LogP contribution in [0.2, 0.25) is 0 Å². The van der Waals surface area contributed by atoms with Crippen molar-refractivity contribution in [2.45, 2.75) is 11.8 Å². The summed E-state index contributed by atoms with van der Waals surface area (Å²) >= 11 is 0. The van der Waals surface area contributed by atoms with Gasteiger partial charge in [0.15, 0.2) is 9.84 Å². The minimum Gasteiger partial charge on any atom is -0.378 e. The van der Waals surface area contributed by atoms with Gasteiger partial charge in [-0.3, -0.25) is 0 Å². The van der Waals surface area contributed by atoms with Gasteiger partial charge in [-0.05, 0) is 24.6 Å². The van der Waals surface area contributed by atoms with Crippen LogP contribution in [0, 0.1) is 6.92 Å². The Morgan fingerprint density at radius 3 is 2.21 bits per heavy atom. The fraction of sp³-hybridized carbons (Fsp3) is 0.400. The first kappa shape index (κ1) is 11.0. The van der Waals surface area contributed by atoms with E-state index in [-0.39, 0.29) is 0 Å². The number of benzene rings is 1. The number of nitrogens with zero attached hydrogens (tertiary/aromatic N) is 1. The Labute approximate surface area is 85.3 Å². The van der Waals surface area contributed by atoms with Crippen LogP contribution in [0.5, 0.6) is 0 Å². The topological polar surface area (TPSA) is 37.4 Å². The minimum atomic E-state index is -3.12. The molecule has 14 heavy (non-hydrogen) atoms. The number of sulfone groups is 1. The Bertz CT molecular complexity index is 435. The predicted molar refractivity (Wildman–Crippen MR) is 58.6 cm³/mol. The second-order valence-electron chi connectivity index (χ2n) is 3.62.